The number of hydrogen-bond acceptors (Lipinski definition) is 4. The van der Waals surface area contributed by atoms with Gasteiger partial charge in [0.1, 0.15) is 10.8 Å². The fourth-order valence-corrected chi connectivity index (χ4v) is 3.42. The molecule has 0 aliphatic carbocycles. The standard InChI is InChI=1S/C17H20N2O3S/c1-9-5-10(2)7-13(6-9)22-8-14(20)19-17-15(16(18)21)11(3)12(4)23-17/h5-7H,8H2,1-4H3,(H2,18,21)(H,19,20). The molecular formula is C17H20N2O3S. The Bertz CT molecular complexity index is 745. The van der Waals surface area contributed by atoms with E-state index in [-0.39, 0.29) is 12.5 Å². The molecule has 1 aromatic heterocycles. The maximum atomic E-state index is 12.1. The zero-order chi connectivity index (χ0) is 17.1. The van der Waals surface area contributed by atoms with Crippen molar-refractivity contribution in [1.82, 2.24) is 0 Å². The number of aryl methyl sites for hydroxylation is 3. The Labute approximate surface area is 139 Å². The molecule has 0 aliphatic rings. The zero-order valence-corrected chi connectivity index (χ0v) is 14.5. The Kier molecular flexibility index (Phi) is 5.05. The van der Waals surface area contributed by atoms with E-state index in [9.17, 15) is 9.59 Å². The molecule has 0 saturated heterocycles. The number of nitrogens with one attached hydrogen (secondary N) is 1. The summed E-state index contributed by atoms with van der Waals surface area (Å²) in [5, 5.41) is 3.18. The van der Waals surface area contributed by atoms with Gasteiger partial charge in [0.15, 0.2) is 6.61 Å². The van der Waals surface area contributed by atoms with Crippen LogP contribution < -0.4 is 15.8 Å². The van der Waals surface area contributed by atoms with Gasteiger partial charge < -0.3 is 15.8 Å². The molecule has 0 fully saturated rings. The molecule has 0 aliphatic heterocycles. The number of primary amides is 1. The molecule has 2 amide bonds. The maximum absolute atomic E-state index is 12.1. The second kappa shape index (κ2) is 6.83. The van der Waals surface area contributed by atoms with Crippen molar-refractivity contribution in [3.63, 3.8) is 0 Å². The molecule has 0 spiro atoms. The van der Waals surface area contributed by atoms with Crippen LogP contribution in [0.4, 0.5) is 5.00 Å². The van der Waals surface area contributed by atoms with Gasteiger partial charge in [-0.1, -0.05) is 6.07 Å². The quantitative estimate of drug-likeness (QED) is 0.883. The number of hydrogen-bond donors (Lipinski definition) is 2. The van der Waals surface area contributed by atoms with Crippen molar-refractivity contribution in [3.05, 3.63) is 45.3 Å². The van der Waals surface area contributed by atoms with E-state index in [0.29, 0.717) is 16.3 Å². The number of nitrogens with two attached hydrogens (primary N) is 1. The van der Waals surface area contributed by atoms with Gasteiger partial charge in [0.05, 0.1) is 5.56 Å². The van der Waals surface area contributed by atoms with E-state index in [1.165, 1.54) is 11.3 Å². The SMILES string of the molecule is Cc1cc(C)cc(OCC(=O)Nc2sc(C)c(C)c2C(N)=O)c1. The van der Waals surface area contributed by atoms with E-state index in [2.05, 4.69) is 5.32 Å². The molecule has 23 heavy (non-hydrogen) atoms. The molecule has 2 aromatic rings. The highest BCUT2D eigenvalue weighted by molar-refractivity contribution is 7.16. The van der Waals surface area contributed by atoms with Crippen molar-refractivity contribution in [2.75, 3.05) is 11.9 Å². The predicted molar refractivity (Wildman–Crippen MR) is 92.4 cm³/mol. The van der Waals surface area contributed by atoms with Gasteiger partial charge in [-0.05, 0) is 56.5 Å². The fourth-order valence-electron chi connectivity index (χ4n) is 2.34. The van der Waals surface area contributed by atoms with Crippen LogP contribution in [0, 0.1) is 27.7 Å². The van der Waals surface area contributed by atoms with E-state index in [1.807, 2.05) is 45.9 Å². The summed E-state index contributed by atoms with van der Waals surface area (Å²) in [5.41, 5.74) is 8.70. The normalized spacial score (nSPS) is 10.4. The molecule has 1 aromatic carbocycles. The zero-order valence-electron chi connectivity index (χ0n) is 13.6. The van der Waals surface area contributed by atoms with Crippen molar-refractivity contribution >= 4 is 28.2 Å². The lowest BCUT2D eigenvalue weighted by molar-refractivity contribution is -0.118. The molecule has 2 rings (SSSR count). The highest BCUT2D eigenvalue weighted by Gasteiger charge is 2.19. The molecule has 0 bridgehead atoms. The lowest BCUT2D eigenvalue weighted by Crippen LogP contribution is -2.22. The Morgan fingerprint density at radius 1 is 1.13 bits per heavy atom. The molecule has 122 valence electrons. The minimum atomic E-state index is -0.544. The lowest BCUT2D eigenvalue weighted by Gasteiger charge is -2.09. The van der Waals surface area contributed by atoms with Crippen LogP contribution in [-0.4, -0.2) is 18.4 Å². The Hall–Kier alpha value is -2.34. The smallest absolute Gasteiger partial charge is 0.262 e. The topological polar surface area (TPSA) is 81.4 Å². The summed E-state index contributed by atoms with van der Waals surface area (Å²) in [5.74, 6) is -0.225. The van der Waals surface area contributed by atoms with Crippen LogP contribution in [0.2, 0.25) is 0 Å². The highest BCUT2D eigenvalue weighted by Crippen LogP contribution is 2.31. The Morgan fingerprint density at radius 3 is 2.30 bits per heavy atom. The molecule has 0 radical (unpaired) electrons. The monoisotopic (exact) mass is 332 g/mol. The molecule has 3 N–H and O–H groups in total. The number of amides is 2. The predicted octanol–water partition coefficient (Wildman–Crippen LogP) is 3.10. The Morgan fingerprint density at radius 2 is 1.74 bits per heavy atom. The van der Waals surface area contributed by atoms with Gasteiger partial charge in [-0.3, -0.25) is 9.59 Å². The second-order valence-electron chi connectivity index (χ2n) is 5.51. The third-order valence-electron chi connectivity index (χ3n) is 3.45. The lowest BCUT2D eigenvalue weighted by atomic mass is 10.1. The van der Waals surface area contributed by atoms with Crippen LogP contribution in [0.1, 0.15) is 31.9 Å². The molecule has 1 heterocycles. The van der Waals surface area contributed by atoms with Gasteiger partial charge in [-0.15, -0.1) is 11.3 Å². The Balaban J connectivity index is 2.06. The van der Waals surface area contributed by atoms with E-state index in [1.54, 1.807) is 0 Å². The first-order chi connectivity index (χ1) is 10.8. The van der Waals surface area contributed by atoms with Crippen molar-refractivity contribution in [3.8, 4) is 5.75 Å². The van der Waals surface area contributed by atoms with Crippen LogP contribution >= 0.6 is 11.3 Å². The molecule has 5 nitrogen and oxygen atoms in total. The first kappa shape index (κ1) is 17.0. The van der Waals surface area contributed by atoms with E-state index >= 15 is 0 Å². The summed E-state index contributed by atoms with van der Waals surface area (Å²) < 4.78 is 5.52. The number of anilines is 1. The molecular weight excluding hydrogens is 312 g/mol. The van der Waals surface area contributed by atoms with E-state index in [0.717, 1.165) is 21.6 Å². The van der Waals surface area contributed by atoms with Crippen molar-refractivity contribution in [1.29, 1.82) is 0 Å². The van der Waals surface area contributed by atoms with Crippen molar-refractivity contribution in [2.24, 2.45) is 5.73 Å². The minimum absolute atomic E-state index is 0.128. The molecule has 0 unspecified atom stereocenters. The van der Waals surface area contributed by atoms with E-state index in [4.69, 9.17) is 10.5 Å². The van der Waals surface area contributed by atoms with E-state index < -0.39 is 5.91 Å². The van der Waals surface area contributed by atoms with Gasteiger partial charge in [-0.2, -0.15) is 0 Å². The fraction of sp³-hybridized carbons (Fsp3) is 0.294. The number of carbonyl (C=O) groups excluding carboxylic acids is 2. The van der Waals surface area contributed by atoms with Crippen LogP contribution in [0.15, 0.2) is 18.2 Å². The summed E-state index contributed by atoms with van der Waals surface area (Å²) in [6.45, 7) is 7.51. The average molecular weight is 332 g/mol. The molecule has 6 heteroatoms. The second-order valence-corrected chi connectivity index (χ2v) is 6.74. The van der Waals surface area contributed by atoms with Crippen LogP contribution in [-0.2, 0) is 4.79 Å². The van der Waals surface area contributed by atoms with Gasteiger partial charge in [0.25, 0.3) is 11.8 Å². The first-order valence-electron chi connectivity index (χ1n) is 7.18. The van der Waals surface area contributed by atoms with Crippen molar-refractivity contribution in [2.45, 2.75) is 27.7 Å². The third kappa shape index (κ3) is 4.10. The number of benzene rings is 1. The average Bonchev–Trinajstić information content (AvgIpc) is 2.70. The molecule has 0 atom stereocenters. The largest absolute Gasteiger partial charge is 0.484 e. The van der Waals surface area contributed by atoms with Crippen LogP contribution in [0.25, 0.3) is 0 Å². The van der Waals surface area contributed by atoms with Gasteiger partial charge in [0, 0.05) is 4.88 Å². The summed E-state index contributed by atoms with van der Waals surface area (Å²) in [6, 6.07) is 5.77. The van der Waals surface area contributed by atoms with Gasteiger partial charge in [0.2, 0.25) is 0 Å². The van der Waals surface area contributed by atoms with Crippen LogP contribution in [0.5, 0.6) is 5.75 Å². The van der Waals surface area contributed by atoms with Crippen molar-refractivity contribution < 1.29 is 14.3 Å². The highest BCUT2D eigenvalue weighted by atomic mass is 32.1. The molecule has 0 saturated carbocycles. The summed E-state index contributed by atoms with van der Waals surface area (Å²) in [7, 11) is 0. The number of carbonyl (C=O) groups is 2. The number of rotatable bonds is 5. The number of thiophene rings is 1. The first-order valence-corrected chi connectivity index (χ1v) is 8.00. The van der Waals surface area contributed by atoms with Gasteiger partial charge in [-0.25, -0.2) is 0 Å². The maximum Gasteiger partial charge on any atom is 0.262 e. The summed E-state index contributed by atoms with van der Waals surface area (Å²) in [6.07, 6.45) is 0. The summed E-state index contributed by atoms with van der Waals surface area (Å²) >= 11 is 1.34. The van der Waals surface area contributed by atoms with Gasteiger partial charge >= 0.3 is 0 Å². The summed E-state index contributed by atoms with van der Waals surface area (Å²) in [4.78, 5) is 24.6. The van der Waals surface area contributed by atoms with Crippen LogP contribution in [0.3, 0.4) is 0 Å². The third-order valence-corrected chi connectivity index (χ3v) is 4.57. The number of ether oxygens (including phenoxy) is 1. The minimum Gasteiger partial charge on any atom is -0.484 e.